The molecule has 0 bridgehead atoms. The molecule has 6 aromatic rings. The van der Waals surface area contributed by atoms with Crippen LogP contribution in [-0.4, -0.2) is 33.7 Å². The number of benzene rings is 4. The van der Waals surface area contributed by atoms with Gasteiger partial charge in [0.15, 0.2) is 5.78 Å². The number of carbonyl (C=O) groups excluding carboxylic acids is 3. The lowest BCUT2D eigenvalue weighted by molar-refractivity contribution is -0.141. The van der Waals surface area contributed by atoms with Crippen LogP contribution in [-0.2, 0) is 19.3 Å². The van der Waals surface area contributed by atoms with E-state index in [-0.39, 0.29) is 11.7 Å². The summed E-state index contributed by atoms with van der Waals surface area (Å²) in [6.45, 7) is 9.04. The van der Waals surface area contributed by atoms with E-state index >= 15 is 0 Å². The zero-order valence-corrected chi connectivity index (χ0v) is 28.8. The van der Waals surface area contributed by atoms with Crippen LogP contribution >= 0.6 is 11.3 Å². The average molecular weight is 670 g/mol. The summed E-state index contributed by atoms with van der Waals surface area (Å²) in [6.07, 6.45) is 1.28. The van der Waals surface area contributed by atoms with Crippen LogP contribution in [0.25, 0.3) is 37.6 Å². The van der Waals surface area contributed by atoms with Gasteiger partial charge in [0, 0.05) is 53.1 Å². The molecule has 0 aliphatic heterocycles. The fraction of sp³-hybridized carbons (Fsp3) is 0.225. The van der Waals surface area contributed by atoms with E-state index in [1.54, 1.807) is 11.3 Å². The first-order chi connectivity index (χ1) is 23.6. The number of hydrogen-bond donors (Lipinski definition) is 0. The van der Waals surface area contributed by atoms with E-state index in [0.29, 0.717) is 35.6 Å². The molecule has 1 unspecified atom stereocenters. The molecule has 0 amide bonds. The highest BCUT2D eigenvalue weighted by Gasteiger charge is 2.29. The van der Waals surface area contributed by atoms with Crippen molar-refractivity contribution in [2.75, 3.05) is 0 Å². The Hall–Kier alpha value is -5.41. The van der Waals surface area contributed by atoms with Crippen LogP contribution in [0.3, 0.4) is 0 Å². The molecule has 0 saturated heterocycles. The number of nitrogens with zero attached hydrogens (tertiary/aromatic N) is 3. The highest BCUT2D eigenvalue weighted by molar-refractivity contribution is 7.16. The van der Waals surface area contributed by atoms with E-state index in [0.717, 1.165) is 59.3 Å². The molecule has 0 saturated carbocycles. The molecule has 2 heterocycles. The second-order valence-corrected chi connectivity index (χ2v) is 14.0. The Kier molecular flexibility index (Phi) is 8.46. The summed E-state index contributed by atoms with van der Waals surface area (Å²) in [5.74, 6) is -0.536. The van der Waals surface area contributed by atoms with Crippen LogP contribution in [0.1, 0.15) is 85.3 Å². The van der Waals surface area contributed by atoms with Crippen LogP contribution in [0.2, 0.25) is 0 Å². The van der Waals surface area contributed by atoms with E-state index in [1.165, 1.54) is 13.8 Å². The number of thiophene rings is 1. The highest BCUT2D eigenvalue weighted by Crippen LogP contribution is 2.44. The van der Waals surface area contributed by atoms with Crippen molar-refractivity contribution in [2.24, 2.45) is 16.2 Å². The van der Waals surface area contributed by atoms with Crippen LogP contribution in [0.15, 0.2) is 95.2 Å². The molecule has 49 heavy (non-hydrogen) atoms. The number of rotatable bonds is 8. The Morgan fingerprint density at radius 1 is 0.857 bits per heavy atom. The van der Waals surface area contributed by atoms with E-state index in [9.17, 15) is 14.4 Å². The zero-order chi connectivity index (χ0) is 34.4. The first-order valence-corrected chi connectivity index (χ1v) is 17.2. The smallest absolute Gasteiger partial charge is 0.318 e. The standard InChI is InChI=1S/C40H35N3O5S/c1-22(2)17-35(42-48-25(5)45)37-15-16-38(49-37)43-36-21-29-23(3)18-34(41-47-24(4)44)30(29)19-31(36)32-20-33(40(46)26-11-7-6-8-12-26)27-13-9-10-14-28(27)39(32)43/h6-16,19-23H,17-18H2,1-5H3/b41-34+,42-35+. The van der Waals surface area contributed by atoms with Gasteiger partial charge in [-0.3, -0.25) is 9.36 Å². The molecule has 1 aliphatic carbocycles. The number of hydrogen-bond acceptors (Lipinski definition) is 8. The molecular weight excluding hydrogens is 635 g/mol. The Bertz CT molecular complexity index is 2360. The van der Waals surface area contributed by atoms with E-state index in [2.05, 4.69) is 59.9 Å². The van der Waals surface area contributed by atoms with Crippen molar-refractivity contribution in [3.8, 4) is 5.00 Å². The second-order valence-electron chi connectivity index (χ2n) is 12.9. The summed E-state index contributed by atoms with van der Waals surface area (Å²) in [7, 11) is 0. The third-order valence-corrected chi connectivity index (χ3v) is 9.95. The van der Waals surface area contributed by atoms with Crippen LogP contribution < -0.4 is 0 Å². The van der Waals surface area contributed by atoms with Gasteiger partial charge in [0.25, 0.3) is 0 Å². The van der Waals surface area contributed by atoms with Gasteiger partial charge in [0.05, 0.1) is 27.3 Å². The van der Waals surface area contributed by atoms with Crippen molar-refractivity contribution in [2.45, 2.75) is 53.4 Å². The summed E-state index contributed by atoms with van der Waals surface area (Å²) in [5, 5.41) is 13.1. The third-order valence-electron chi connectivity index (χ3n) is 8.83. The molecule has 246 valence electrons. The van der Waals surface area contributed by atoms with Gasteiger partial charge in [-0.1, -0.05) is 85.7 Å². The topological polar surface area (TPSA) is 99.3 Å². The number of carbonyl (C=O) groups is 3. The minimum Gasteiger partial charge on any atom is -0.318 e. The van der Waals surface area contributed by atoms with E-state index in [1.807, 2.05) is 60.7 Å². The van der Waals surface area contributed by atoms with Crippen molar-refractivity contribution in [3.05, 3.63) is 112 Å². The fourth-order valence-corrected chi connectivity index (χ4v) is 7.78. The Morgan fingerprint density at radius 2 is 1.57 bits per heavy atom. The van der Waals surface area contributed by atoms with Gasteiger partial charge < -0.3 is 9.68 Å². The summed E-state index contributed by atoms with van der Waals surface area (Å²) in [6, 6.07) is 27.8. The second kappa shape index (κ2) is 12.9. The maximum atomic E-state index is 14.1. The molecular formula is C40H35N3O5S. The third kappa shape index (κ3) is 5.95. The zero-order valence-electron chi connectivity index (χ0n) is 27.9. The molecule has 0 spiro atoms. The summed E-state index contributed by atoms with van der Waals surface area (Å²) in [4.78, 5) is 48.6. The highest BCUT2D eigenvalue weighted by atomic mass is 32.1. The molecule has 0 radical (unpaired) electrons. The van der Waals surface area contributed by atoms with Gasteiger partial charge in [-0.05, 0) is 59.5 Å². The van der Waals surface area contributed by atoms with E-state index < -0.39 is 11.9 Å². The van der Waals surface area contributed by atoms with Crippen molar-refractivity contribution < 1.29 is 24.1 Å². The van der Waals surface area contributed by atoms with Gasteiger partial charge in [-0.2, -0.15) is 0 Å². The lowest BCUT2D eigenvalue weighted by atomic mass is 9.94. The summed E-state index contributed by atoms with van der Waals surface area (Å²) in [5.41, 5.74) is 6.68. The Labute approximate surface area is 287 Å². The summed E-state index contributed by atoms with van der Waals surface area (Å²) >= 11 is 1.58. The maximum absolute atomic E-state index is 14.1. The predicted molar refractivity (Wildman–Crippen MR) is 195 cm³/mol. The lowest BCUT2D eigenvalue weighted by Gasteiger charge is -2.11. The molecule has 7 rings (SSSR count). The maximum Gasteiger partial charge on any atom is 0.331 e. The van der Waals surface area contributed by atoms with Gasteiger partial charge in [-0.15, -0.1) is 11.3 Å². The summed E-state index contributed by atoms with van der Waals surface area (Å²) < 4.78 is 2.27. The van der Waals surface area contributed by atoms with Crippen LogP contribution in [0, 0.1) is 5.92 Å². The van der Waals surface area contributed by atoms with Gasteiger partial charge in [0.1, 0.15) is 5.00 Å². The SMILES string of the molecule is CC(=O)O/N=C(\CC(C)C)c1ccc(-n2c3cc4c(cc3c3cc(C(=O)c5ccccc5)c5ccccc5c32)/C(=N/OC(C)=O)CC4C)s1. The molecule has 8 nitrogen and oxygen atoms in total. The molecule has 0 N–H and O–H groups in total. The minimum atomic E-state index is -0.468. The number of ketones is 1. The number of fused-ring (bicyclic) bond motifs is 6. The molecule has 1 atom stereocenters. The Balaban J connectivity index is 1.54. The Morgan fingerprint density at radius 3 is 2.29 bits per heavy atom. The average Bonchev–Trinajstić information content (AvgIpc) is 3.78. The largest absolute Gasteiger partial charge is 0.331 e. The van der Waals surface area contributed by atoms with Crippen molar-refractivity contribution in [1.29, 1.82) is 0 Å². The van der Waals surface area contributed by atoms with Crippen molar-refractivity contribution >= 4 is 73.1 Å². The molecule has 9 heteroatoms. The minimum absolute atomic E-state index is 0.0510. The van der Waals surface area contributed by atoms with Gasteiger partial charge in [-0.25, -0.2) is 9.59 Å². The molecule has 2 aromatic heterocycles. The first kappa shape index (κ1) is 32.2. The van der Waals surface area contributed by atoms with E-state index in [4.69, 9.17) is 9.68 Å². The molecule has 1 aliphatic rings. The van der Waals surface area contributed by atoms with Crippen molar-refractivity contribution in [3.63, 3.8) is 0 Å². The monoisotopic (exact) mass is 669 g/mol. The fourth-order valence-electron chi connectivity index (χ4n) is 6.76. The van der Waals surface area contributed by atoms with Crippen LogP contribution in [0.5, 0.6) is 0 Å². The number of oxime groups is 2. The lowest BCUT2D eigenvalue weighted by Crippen LogP contribution is -2.06. The first-order valence-electron chi connectivity index (χ1n) is 16.3. The van der Waals surface area contributed by atoms with Gasteiger partial charge >= 0.3 is 11.9 Å². The van der Waals surface area contributed by atoms with Crippen molar-refractivity contribution in [1.82, 2.24) is 4.57 Å². The normalized spacial score (nSPS) is 15.4. The van der Waals surface area contributed by atoms with Crippen LogP contribution in [0.4, 0.5) is 0 Å². The molecule has 4 aromatic carbocycles. The molecule has 0 fully saturated rings. The predicted octanol–water partition coefficient (Wildman–Crippen LogP) is 9.32. The quantitative estimate of drug-likeness (QED) is 0.0696. The van der Waals surface area contributed by atoms with Gasteiger partial charge in [0.2, 0.25) is 0 Å². The number of aromatic nitrogens is 1.